The number of nitrogens with one attached hydrogen (secondary N) is 2. The average molecular weight is 516 g/mol. The van der Waals surface area contributed by atoms with Gasteiger partial charge in [0.2, 0.25) is 12.7 Å². The van der Waals surface area contributed by atoms with Gasteiger partial charge in [0.05, 0.1) is 18.3 Å². The quantitative estimate of drug-likeness (QED) is 0.356. The summed E-state index contributed by atoms with van der Waals surface area (Å²) in [5.41, 5.74) is 2.65. The minimum atomic E-state index is -1.21. The highest BCUT2D eigenvalue weighted by Crippen LogP contribution is 2.36. The van der Waals surface area contributed by atoms with Crippen molar-refractivity contribution in [2.24, 2.45) is 0 Å². The van der Waals surface area contributed by atoms with Crippen molar-refractivity contribution in [2.75, 3.05) is 19.2 Å². The summed E-state index contributed by atoms with van der Waals surface area (Å²) in [6.45, 7) is 0.0697. The Labute approximate surface area is 205 Å². The number of carbonyl (C=O) groups excluding carboxylic acids is 4. The first-order valence-corrected chi connectivity index (χ1v) is 12.0. The highest BCUT2D eigenvalue weighted by molar-refractivity contribution is 7.14. The van der Waals surface area contributed by atoms with Crippen molar-refractivity contribution in [1.29, 1.82) is 0 Å². The van der Waals surface area contributed by atoms with Crippen molar-refractivity contribution in [2.45, 2.75) is 18.5 Å². The summed E-state index contributed by atoms with van der Waals surface area (Å²) in [4.78, 5) is 60.3. The molecule has 4 amide bonds. The fourth-order valence-electron chi connectivity index (χ4n) is 3.66. The average Bonchev–Trinajstić information content (AvgIpc) is 3.65. The molecule has 2 atom stereocenters. The van der Waals surface area contributed by atoms with Gasteiger partial charge in [0.1, 0.15) is 12.1 Å². The second kappa shape index (κ2) is 9.31. The molecule has 2 N–H and O–H groups in total. The summed E-state index contributed by atoms with van der Waals surface area (Å²) in [6.07, 6.45) is -0.00239. The van der Waals surface area contributed by atoms with Crippen LogP contribution in [-0.4, -0.2) is 58.6 Å². The maximum Gasteiger partial charge on any atom is 0.357 e. The first-order valence-electron chi connectivity index (χ1n) is 10.2. The number of methoxy groups -OCH3 is 1. The van der Waals surface area contributed by atoms with E-state index in [0.717, 1.165) is 16.2 Å². The van der Waals surface area contributed by atoms with Crippen LogP contribution >= 0.6 is 22.7 Å². The van der Waals surface area contributed by atoms with Gasteiger partial charge in [-0.2, -0.15) is 0 Å². The molecule has 0 bridgehead atoms. The zero-order valence-electron chi connectivity index (χ0n) is 18.0. The standard InChI is InChI=1S/C21H17N5O7S2/c1-31-19(29)12-7-35-20(23-12)25-17(27)13(5-11-6-34-8-22-11)26-18(28)16(24-21(26)30)10-2-3-14-15(4-10)33-9-32-14/h2-4,6-8,13,16H,5,9H2,1H3,(H,24,30)(H,23,25,27). The molecule has 2 aliphatic heterocycles. The number of aromatic nitrogens is 2. The third kappa shape index (κ3) is 4.40. The van der Waals surface area contributed by atoms with Gasteiger partial charge in [-0.15, -0.1) is 22.7 Å². The Bertz CT molecular complexity index is 1310. The summed E-state index contributed by atoms with van der Waals surface area (Å²) in [7, 11) is 1.22. The second-order valence-corrected chi connectivity index (χ2v) is 9.00. The fraction of sp³-hybridized carbons (Fsp3) is 0.238. The van der Waals surface area contributed by atoms with Crippen molar-refractivity contribution in [3.05, 3.63) is 51.4 Å². The van der Waals surface area contributed by atoms with Crippen molar-refractivity contribution in [3.63, 3.8) is 0 Å². The zero-order valence-corrected chi connectivity index (χ0v) is 19.7. The number of benzene rings is 1. The number of hydrogen-bond donors (Lipinski definition) is 2. The molecule has 180 valence electrons. The lowest BCUT2D eigenvalue weighted by molar-refractivity contribution is -0.134. The van der Waals surface area contributed by atoms with Crippen molar-refractivity contribution in [1.82, 2.24) is 20.2 Å². The van der Waals surface area contributed by atoms with Crippen LogP contribution < -0.4 is 20.1 Å². The van der Waals surface area contributed by atoms with E-state index >= 15 is 0 Å². The third-order valence-corrected chi connectivity index (χ3v) is 6.72. The molecule has 0 spiro atoms. The summed E-state index contributed by atoms with van der Waals surface area (Å²) in [5, 5.41) is 8.51. The number of ether oxygens (including phenoxy) is 3. The fourth-order valence-corrected chi connectivity index (χ4v) is 4.92. The van der Waals surface area contributed by atoms with E-state index in [1.165, 1.54) is 23.8 Å². The number of nitrogens with zero attached hydrogens (tertiary/aromatic N) is 3. The van der Waals surface area contributed by atoms with E-state index < -0.39 is 35.9 Å². The molecule has 35 heavy (non-hydrogen) atoms. The molecule has 4 heterocycles. The van der Waals surface area contributed by atoms with Crippen LogP contribution in [0.15, 0.2) is 34.5 Å². The minimum Gasteiger partial charge on any atom is -0.464 e. The number of thiazole rings is 2. The topological polar surface area (TPSA) is 149 Å². The van der Waals surface area contributed by atoms with Crippen LogP contribution in [0, 0.1) is 0 Å². The lowest BCUT2D eigenvalue weighted by atomic mass is 10.0. The zero-order chi connectivity index (χ0) is 24.5. The molecule has 12 nitrogen and oxygen atoms in total. The predicted octanol–water partition coefficient (Wildman–Crippen LogP) is 1.96. The van der Waals surface area contributed by atoms with Gasteiger partial charge in [-0.05, 0) is 17.7 Å². The molecule has 2 unspecified atom stereocenters. The third-order valence-electron chi connectivity index (χ3n) is 5.33. The van der Waals surface area contributed by atoms with Gasteiger partial charge in [-0.25, -0.2) is 24.5 Å². The van der Waals surface area contributed by atoms with Gasteiger partial charge in [-0.1, -0.05) is 6.07 Å². The monoisotopic (exact) mass is 515 g/mol. The van der Waals surface area contributed by atoms with Crippen LogP contribution in [-0.2, 0) is 20.7 Å². The Morgan fingerprint density at radius 1 is 1.29 bits per heavy atom. The van der Waals surface area contributed by atoms with E-state index in [2.05, 4.69) is 25.3 Å². The van der Waals surface area contributed by atoms with Crippen LogP contribution in [0.3, 0.4) is 0 Å². The smallest absolute Gasteiger partial charge is 0.357 e. The molecular weight excluding hydrogens is 498 g/mol. The molecule has 0 saturated carbocycles. The maximum atomic E-state index is 13.4. The Kier molecular flexibility index (Phi) is 6.05. The van der Waals surface area contributed by atoms with Crippen LogP contribution in [0.4, 0.5) is 9.93 Å². The van der Waals surface area contributed by atoms with Crippen LogP contribution in [0.25, 0.3) is 0 Å². The van der Waals surface area contributed by atoms with E-state index in [0.29, 0.717) is 22.8 Å². The van der Waals surface area contributed by atoms with Gasteiger partial charge >= 0.3 is 12.0 Å². The SMILES string of the molecule is COC(=O)c1csc(NC(=O)C(Cc2cscn2)N2C(=O)NC(c3ccc4c(c3)OCO4)C2=O)n1. The van der Waals surface area contributed by atoms with E-state index in [4.69, 9.17) is 9.47 Å². The molecule has 0 aliphatic carbocycles. The molecule has 5 rings (SSSR count). The van der Waals surface area contributed by atoms with Gasteiger partial charge in [-0.3, -0.25) is 9.59 Å². The number of esters is 1. The Hall–Kier alpha value is -4.04. The summed E-state index contributed by atoms with van der Waals surface area (Å²) < 4.78 is 15.3. The van der Waals surface area contributed by atoms with E-state index in [1.54, 1.807) is 29.1 Å². The van der Waals surface area contributed by atoms with Crippen LogP contribution in [0.1, 0.15) is 27.8 Å². The molecule has 1 fully saturated rings. The number of rotatable bonds is 7. The lowest BCUT2D eigenvalue weighted by Crippen LogP contribution is -2.49. The van der Waals surface area contributed by atoms with E-state index in [-0.39, 0.29) is 24.0 Å². The molecule has 0 radical (unpaired) electrons. The normalized spacial score (nSPS) is 17.3. The number of urea groups is 1. The summed E-state index contributed by atoms with van der Waals surface area (Å²) in [5.74, 6) is -0.901. The number of hydrogen-bond acceptors (Lipinski definition) is 11. The van der Waals surface area contributed by atoms with Crippen LogP contribution in [0.5, 0.6) is 11.5 Å². The molecule has 1 aromatic carbocycles. The number of imide groups is 1. The number of fused-ring (bicyclic) bond motifs is 1. The Morgan fingerprint density at radius 2 is 2.11 bits per heavy atom. The van der Waals surface area contributed by atoms with Crippen molar-refractivity contribution >= 4 is 51.6 Å². The highest BCUT2D eigenvalue weighted by atomic mass is 32.1. The summed E-state index contributed by atoms with van der Waals surface area (Å²) in [6, 6.07) is 1.98. The molecule has 1 saturated heterocycles. The van der Waals surface area contributed by atoms with Crippen molar-refractivity contribution in [3.8, 4) is 11.5 Å². The predicted molar refractivity (Wildman–Crippen MR) is 122 cm³/mol. The lowest BCUT2D eigenvalue weighted by Gasteiger charge is -2.23. The minimum absolute atomic E-state index is 0.00239. The maximum absolute atomic E-state index is 13.4. The van der Waals surface area contributed by atoms with E-state index in [1.807, 2.05) is 0 Å². The van der Waals surface area contributed by atoms with Gasteiger partial charge in [0.25, 0.3) is 5.91 Å². The number of amides is 4. The van der Waals surface area contributed by atoms with Crippen molar-refractivity contribution < 1.29 is 33.4 Å². The molecular formula is C21H17N5O7S2. The van der Waals surface area contributed by atoms with Crippen LogP contribution in [0.2, 0.25) is 0 Å². The largest absolute Gasteiger partial charge is 0.464 e. The van der Waals surface area contributed by atoms with Gasteiger partial charge in [0.15, 0.2) is 22.3 Å². The second-order valence-electron chi connectivity index (χ2n) is 7.42. The highest BCUT2D eigenvalue weighted by Gasteiger charge is 2.46. The van der Waals surface area contributed by atoms with E-state index in [9.17, 15) is 19.2 Å². The first kappa shape index (κ1) is 22.7. The van der Waals surface area contributed by atoms with Gasteiger partial charge < -0.3 is 24.8 Å². The molecule has 3 aromatic rings. The number of anilines is 1. The Morgan fingerprint density at radius 3 is 2.89 bits per heavy atom. The number of carbonyl (C=O) groups is 4. The Balaban J connectivity index is 1.40. The van der Waals surface area contributed by atoms with Gasteiger partial charge in [0, 0.05) is 17.2 Å². The molecule has 2 aliphatic rings. The molecule has 2 aromatic heterocycles. The summed E-state index contributed by atoms with van der Waals surface area (Å²) >= 11 is 2.34. The first-order chi connectivity index (χ1) is 16.9. The molecule has 14 heteroatoms.